The van der Waals surface area contributed by atoms with Crippen molar-refractivity contribution in [3.63, 3.8) is 0 Å². The van der Waals surface area contributed by atoms with Crippen LogP contribution in [0.25, 0.3) is 0 Å². The Bertz CT molecular complexity index is 549. The lowest BCUT2D eigenvalue weighted by atomic mass is 10.00. The normalized spacial score (nSPS) is 12.3. The van der Waals surface area contributed by atoms with Crippen molar-refractivity contribution < 1.29 is 0 Å². The molecule has 3 nitrogen and oxygen atoms in total. The van der Waals surface area contributed by atoms with Gasteiger partial charge in [0.05, 0.1) is 0 Å². The molecular formula is C18H25N3. The summed E-state index contributed by atoms with van der Waals surface area (Å²) in [7, 11) is 0. The van der Waals surface area contributed by atoms with E-state index in [1.165, 1.54) is 11.1 Å². The molecule has 21 heavy (non-hydrogen) atoms. The maximum absolute atomic E-state index is 4.59. The van der Waals surface area contributed by atoms with Crippen molar-refractivity contribution >= 4 is 0 Å². The summed E-state index contributed by atoms with van der Waals surface area (Å²) in [4.78, 5) is 9.01. The molecule has 3 heteroatoms. The van der Waals surface area contributed by atoms with Crippen molar-refractivity contribution in [1.29, 1.82) is 0 Å². The predicted octanol–water partition coefficient (Wildman–Crippen LogP) is 3.63. The number of hydrogen-bond donors (Lipinski definition) is 1. The molecule has 0 aliphatic carbocycles. The van der Waals surface area contributed by atoms with Crippen molar-refractivity contribution in [2.75, 3.05) is 6.54 Å². The first kappa shape index (κ1) is 15.6. The van der Waals surface area contributed by atoms with E-state index >= 15 is 0 Å². The van der Waals surface area contributed by atoms with E-state index in [1.54, 1.807) is 0 Å². The van der Waals surface area contributed by atoms with Gasteiger partial charge >= 0.3 is 0 Å². The molecule has 2 heterocycles. The van der Waals surface area contributed by atoms with Crippen molar-refractivity contribution in [2.24, 2.45) is 0 Å². The maximum Gasteiger partial charge on any atom is 0.0422 e. The summed E-state index contributed by atoms with van der Waals surface area (Å²) in [6, 6.07) is 8.77. The van der Waals surface area contributed by atoms with Crippen LogP contribution >= 0.6 is 0 Å². The monoisotopic (exact) mass is 283 g/mol. The third-order valence-electron chi connectivity index (χ3n) is 3.77. The minimum Gasteiger partial charge on any atom is -0.310 e. The minimum absolute atomic E-state index is 0.277. The lowest BCUT2D eigenvalue weighted by molar-refractivity contribution is 0.520. The fraction of sp³-hybridized carbons (Fsp3) is 0.444. The van der Waals surface area contributed by atoms with Gasteiger partial charge in [0.15, 0.2) is 0 Å². The highest BCUT2D eigenvalue weighted by atomic mass is 14.9. The quantitative estimate of drug-likeness (QED) is 0.843. The van der Waals surface area contributed by atoms with Crippen LogP contribution in [0.3, 0.4) is 0 Å². The molecule has 0 bridgehead atoms. The molecule has 112 valence electrons. The summed E-state index contributed by atoms with van der Waals surface area (Å²) < 4.78 is 0. The van der Waals surface area contributed by atoms with Gasteiger partial charge < -0.3 is 5.32 Å². The molecule has 1 N–H and O–H groups in total. The zero-order chi connectivity index (χ0) is 15.1. The second-order valence-corrected chi connectivity index (χ2v) is 5.40. The molecule has 0 spiro atoms. The van der Waals surface area contributed by atoms with E-state index in [2.05, 4.69) is 54.3 Å². The first-order valence-corrected chi connectivity index (χ1v) is 7.83. The Morgan fingerprint density at radius 3 is 2.62 bits per heavy atom. The van der Waals surface area contributed by atoms with Gasteiger partial charge in [0.25, 0.3) is 0 Å². The number of hydrogen-bond acceptors (Lipinski definition) is 3. The van der Waals surface area contributed by atoms with Crippen LogP contribution in [-0.2, 0) is 12.8 Å². The Labute approximate surface area is 127 Å². The van der Waals surface area contributed by atoms with E-state index in [1.807, 2.05) is 18.5 Å². The average molecular weight is 283 g/mol. The molecule has 0 saturated carbocycles. The van der Waals surface area contributed by atoms with Gasteiger partial charge in [-0.2, -0.15) is 0 Å². The fourth-order valence-electron chi connectivity index (χ4n) is 2.47. The van der Waals surface area contributed by atoms with Crippen molar-refractivity contribution in [3.8, 4) is 0 Å². The Kier molecular flexibility index (Phi) is 5.88. The van der Waals surface area contributed by atoms with Crippen LogP contribution in [-0.4, -0.2) is 16.5 Å². The second kappa shape index (κ2) is 7.89. The number of pyridine rings is 2. The summed E-state index contributed by atoms with van der Waals surface area (Å²) in [5, 5.41) is 3.62. The van der Waals surface area contributed by atoms with E-state index in [0.29, 0.717) is 0 Å². The van der Waals surface area contributed by atoms with E-state index in [9.17, 15) is 0 Å². The smallest absolute Gasteiger partial charge is 0.0422 e. The number of nitrogens with one attached hydrogen (secondary N) is 1. The largest absolute Gasteiger partial charge is 0.310 e. The SMILES string of the molecule is CCCNC(Cc1ccc(CC)cn1)c1cccnc1C. The number of nitrogens with zero attached hydrogens (tertiary/aromatic N) is 2. The fourth-order valence-corrected chi connectivity index (χ4v) is 2.47. The molecule has 0 amide bonds. The lowest BCUT2D eigenvalue weighted by Gasteiger charge is -2.20. The number of aromatic nitrogens is 2. The average Bonchev–Trinajstić information content (AvgIpc) is 2.53. The summed E-state index contributed by atoms with van der Waals surface area (Å²) in [6.45, 7) is 7.42. The highest BCUT2D eigenvalue weighted by Gasteiger charge is 2.14. The van der Waals surface area contributed by atoms with E-state index in [-0.39, 0.29) is 6.04 Å². The van der Waals surface area contributed by atoms with Crippen molar-refractivity contribution in [3.05, 3.63) is 59.2 Å². The third kappa shape index (κ3) is 4.36. The van der Waals surface area contributed by atoms with E-state index < -0.39 is 0 Å². The molecule has 1 atom stereocenters. The van der Waals surface area contributed by atoms with Gasteiger partial charge in [0, 0.05) is 36.2 Å². The van der Waals surface area contributed by atoms with Gasteiger partial charge in [-0.3, -0.25) is 9.97 Å². The third-order valence-corrected chi connectivity index (χ3v) is 3.77. The molecular weight excluding hydrogens is 258 g/mol. The van der Waals surface area contributed by atoms with Gasteiger partial charge in [-0.25, -0.2) is 0 Å². The van der Waals surface area contributed by atoms with Crippen LogP contribution < -0.4 is 5.32 Å². The highest BCUT2D eigenvalue weighted by Crippen LogP contribution is 2.20. The van der Waals surface area contributed by atoms with Crippen LogP contribution in [0.4, 0.5) is 0 Å². The number of aryl methyl sites for hydroxylation is 2. The summed E-state index contributed by atoms with van der Waals surface area (Å²) >= 11 is 0. The topological polar surface area (TPSA) is 37.8 Å². The van der Waals surface area contributed by atoms with Crippen LogP contribution in [0.5, 0.6) is 0 Å². The number of rotatable bonds is 7. The molecule has 0 aliphatic rings. The highest BCUT2D eigenvalue weighted by molar-refractivity contribution is 5.25. The first-order valence-electron chi connectivity index (χ1n) is 7.83. The van der Waals surface area contributed by atoms with Gasteiger partial charge in [0.2, 0.25) is 0 Å². The van der Waals surface area contributed by atoms with Crippen LogP contribution in [0.15, 0.2) is 36.7 Å². The van der Waals surface area contributed by atoms with Crippen LogP contribution in [0.2, 0.25) is 0 Å². The second-order valence-electron chi connectivity index (χ2n) is 5.40. The van der Waals surface area contributed by atoms with Gasteiger partial charge in [-0.15, -0.1) is 0 Å². The maximum atomic E-state index is 4.59. The van der Waals surface area contributed by atoms with Crippen molar-refractivity contribution in [2.45, 2.75) is 46.1 Å². The summed E-state index contributed by atoms with van der Waals surface area (Å²) in [5.74, 6) is 0. The molecule has 0 aromatic carbocycles. The zero-order valence-corrected chi connectivity index (χ0v) is 13.3. The Morgan fingerprint density at radius 2 is 2.00 bits per heavy atom. The Morgan fingerprint density at radius 1 is 1.14 bits per heavy atom. The summed E-state index contributed by atoms with van der Waals surface area (Å²) in [5.41, 5.74) is 4.78. The molecule has 2 rings (SSSR count). The van der Waals surface area contributed by atoms with E-state index in [4.69, 9.17) is 0 Å². The van der Waals surface area contributed by atoms with Crippen molar-refractivity contribution in [1.82, 2.24) is 15.3 Å². The van der Waals surface area contributed by atoms with Gasteiger partial charge in [-0.05, 0) is 49.6 Å². The predicted molar refractivity (Wildman–Crippen MR) is 87.3 cm³/mol. The van der Waals surface area contributed by atoms with Crippen LogP contribution in [0.1, 0.15) is 48.8 Å². The molecule has 0 radical (unpaired) electrons. The molecule has 0 fully saturated rings. The lowest BCUT2D eigenvalue weighted by Crippen LogP contribution is -2.25. The molecule has 2 aromatic heterocycles. The Balaban J connectivity index is 2.17. The first-order chi connectivity index (χ1) is 10.2. The Hall–Kier alpha value is -1.74. The molecule has 1 unspecified atom stereocenters. The minimum atomic E-state index is 0.277. The standard InChI is InChI=1S/C18H25N3/c1-4-10-20-18(17-7-6-11-19-14(17)3)12-16-9-8-15(5-2)13-21-16/h6-9,11,13,18,20H,4-5,10,12H2,1-3H3. The molecule has 0 aliphatic heterocycles. The summed E-state index contributed by atoms with van der Waals surface area (Å²) in [6.07, 6.45) is 6.90. The van der Waals surface area contributed by atoms with E-state index in [0.717, 1.165) is 37.2 Å². The van der Waals surface area contributed by atoms with Gasteiger partial charge in [0.1, 0.15) is 0 Å². The molecule has 0 saturated heterocycles. The zero-order valence-electron chi connectivity index (χ0n) is 13.3. The van der Waals surface area contributed by atoms with Crippen LogP contribution in [0, 0.1) is 6.92 Å². The molecule has 2 aromatic rings. The van der Waals surface area contributed by atoms with Gasteiger partial charge in [-0.1, -0.05) is 26.0 Å².